The number of hydrogen-bond acceptors (Lipinski definition) is 4. The van der Waals surface area contributed by atoms with Crippen LogP contribution in [-0.2, 0) is 6.54 Å². The van der Waals surface area contributed by atoms with Gasteiger partial charge in [0, 0.05) is 11.6 Å². The molecule has 160 valence electrons. The number of carbonyl (C=O) groups is 1. The zero-order valence-electron chi connectivity index (χ0n) is 17.4. The molecule has 1 amide bonds. The van der Waals surface area contributed by atoms with Gasteiger partial charge in [0.25, 0.3) is 11.5 Å². The van der Waals surface area contributed by atoms with Crippen molar-refractivity contribution in [3.8, 4) is 5.69 Å². The first-order valence-corrected chi connectivity index (χ1v) is 10.5. The van der Waals surface area contributed by atoms with Crippen molar-refractivity contribution >= 4 is 17.5 Å². The number of nitrogens with zero attached hydrogens (tertiary/aromatic N) is 3. The van der Waals surface area contributed by atoms with Crippen LogP contribution in [0.2, 0.25) is 5.02 Å². The van der Waals surface area contributed by atoms with Crippen LogP contribution in [0.15, 0.2) is 52.1 Å². The van der Waals surface area contributed by atoms with Crippen molar-refractivity contribution in [2.45, 2.75) is 33.2 Å². The Bertz CT molecular complexity index is 1250. The minimum absolute atomic E-state index is 0.0194. The Morgan fingerprint density at radius 2 is 1.84 bits per heavy atom. The largest absolute Gasteiger partial charge is 0.352 e. The molecular weight excluding hydrogens is 416 g/mol. The van der Waals surface area contributed by atoms with Gasteiger partial charge >= 0.3 is 5.69 Å². The Morgan fingerprint density at radius 3 is 2.48 bits per heavy atom. The van der Waals surface area contributed by atoms with Crippen molar-refractivity contribution in [1.29, 1.82) is 0 Å². The maximum absolute atomic E-state index is 13.3. The van der Waals surface area contributed by atoms with Gasteiger partial charge in [-0.1, -0.05) is 29.8 Å². The minimum Gasteiger partial charge on any atom is -0.350 e. The summed E-state index contributed by atoms with van der Waals surface area (Å²) in [4.78, 5) is 39.1. The van der Waals surface area contributed by atoms with E-state index in [-0.39, 0.29) is 12.2 Å². The first-order chi connectivity index (χ1) is 14.8. The van der Waals surface area contributed by atoms with Crippen molar-refractivity contribution in [3.63, 3.8) is 0 Å². The van der Waals surface area contributed by atoms with Crippen molar-refractivity contribution in [3.05, 3.63) is 90.7 Å². The van der Waals surface area contributed by atoms with E-state index >= 15 is 0 Å². The van der Waals surface area contributed by atoms with Gasteiger partial charge in [0.1, 0.15) is 0 Å². The van der Waals surface area contributed by atoms with Crippen LogP contribution >= 0.6 is 11.6 Å². The van der Waals surface area contributed by atoms with Gasteiger partial charge in [-0.25, -0.2) is 4.79 Å². The highest BCUT2D eigenvalue weighted by Gasteiger charge is 2.25. The number of aromatic nitrogens is 3. The quantitative estimate of drug-likeness (QED) is 0.641. The molecule has 31 heavy (non-hydrogen) atoms. The Balaban J connectivity index is 1.85. The third-order valence-electron chi connectivity index (χ3n) is 5.20. The smallest absolute Gasteiger partial charge is 0.350 e. The topological polar surface area (TPSA) is 86.0 Å². The molecule has 0 bridgehead atoms. The summed E-state index contributed by atoms with van der Waals surface area (Å²) in [5.41, 5.74) is 1.41. The lowest BCUT2D eigenvalue weighted by Crippen LogP contribution is -2.46. The van der Waals surface area contributed by atoms with E-state index in [9.17, 15) is 14.4 Å². The van der Waals surface area contributed by atoms with E-state index in [0.717, 1.165) is 33.2 Å². The first-order valence-electron chi connectivity index (χ1n) is 10.2. The summed E-state index contributed by atoms with van der Waals surface area (Å²) in [6, 6.07) is 12.5. The third kappa shape index (κ3) is 4.77. The maximum Gasteiger partial charge on any atom is 0.352 e. The second-order valence-electron chi connectivity index (χ2n) is 8.06. The van der Waals surface area contributed by atoms with E-state index in [1.165, 1.54) is 0 Å². The number of benzene rings is 2. The molecule has 1 aliphatic carbocycles. The molecule has 4 rings (SSSR count). The van der Waals surface area contributed by atoms with Crippen LogP contribution in [0.1, 0.15) is 40.0 Å². The van der Waals surface area contributed by atoms with Gasteiger partial charge in [0.15, 0.2) is 0 Å². The molecule has 1 N–H and O–H groups in total. The average molecular weight is 439 g/mol. The van der Waals surface area contributed by atoms with E-state index in [0.29, 0.717) is 28.7 Å². The molecule has 1 aliphatic rings. The summed E-state index contributed by atoms with van der Waals surface area (Å²) in [5, 5.41) is 7.44. The second kappa shape index (κ2) is 8.51. The lowest BCUT2D eigenvalue weighted by atomic mass is 10.1. The summed E-state index contributed by atoms with van der Waals surface area (Å²) < 4.78 is 2.15. The molecule has 7 nitrogen and oxygen atoms in total. The molecule has 8 heteroatoms. The van der Waals surface area contributed by atoms with E-state index in [1.807, 2.05) is 19.9 Å². The van der Waals surface area contributed by atoms with Gasteiger partial charge in [0.05, 0.1) is 12.2 Å². The van der Waals surface area contributed by atoms with E-state index in [1.54, 1.807) is 36.4 Å². The Hall–Kier alpha value is -3.19. The monoisotopic (exact) mass is 438 g/mol. The molecule has 0 spiro atoms. The molecular formula is C23H23ClN4O3. The van der Waals surface area contributed by atoms with Crippen LogP contribution in [0.25, 0.3) is 5.69 Å². The third-order valence-corrected chi connectivity index (χ3v) is 5.44. The molecule has 0 atom stereocenters. The van der Waals surface area contributed by atoms with Crippen molar-refractivity contribution in [2.24, 2.45) is 5.92 Å². The zero-order valence-corrected chi connectivity index (χ0v) is 18.1. The average Bonchev–Trinajstić information content (AvgIpc) is 3.53. The lowest BCUT2D eigenvalue weighted by Gasteiger charge is -2.13. The van der Waals surface area contributed by atoms with E-state index in [4.69, 9.17) is 11.6 Å². The maximum atomic E-state index is 13.3. The van der Waals surface area contributed by atoms with Crippen molar-refractivity contribution in [2.75, 3.05) is 6.54 Å². The van der Waals surface area contributed by atoms with Crippen LogP contribution in [0.3, 0.4) is 0 Å². The fourth-order valence-electron chi connectivity index (χ4n) is 3.50. The van der Waals surface area contributed by atoms with E-state index in [2.05, 4.69) is 10.4 Å². The number of carbonyl (C=O) groups excluding carboxylic acids is 1. The Kier molecular flexibility index (Phi) is 5.78. The second-order valence-corrected chi connectivity index (χ2v) is 8.50. The van der Waals surface area contributed by atoms with Gasteiger partial charge in [-0.3, -0.25) is 14.2 Å². The summed E-state index contributed by atoms with van der Waals surface area (Å²) in [5.74, 6) is -0.127. The molecule has 0 radical (unpaired) electrons. The molecule has 0 unspecified atom stereocenters. The van der Waals surface area contributed by atoms with Gasteiger partial charge in [-0.15, -0.1) is 0 Å². The van der Waals surface area contributed by atoms with Gasteiger partial charge in [-0.2, -0.15) is 9.78 Å². The highest BCUT2D eigenvalue weighted by atomic mass is 35.5. The normalized spacial score (nSPS) is 13.3. The van der Waals surface area contributed by atoms with Crippen LogP contribution in [-0.4, -0.2) is 26.8 Å². The SMILES string of the molecule is Cc1cc(C)cc(-n2nc(C(=O)NCC3CC3)c(=O)n(Cc3cccc(Cl)c3)c2=O)c1. The summed E-state index contributed by atoms with van der Waals surface area (Å²) in [6.07, 6.45) is 2.13. The highest BCUT2D eigenvalue weighted by molar-refractivity contribution is 6.30. The van der Waals surface area contributed by atoms with Crippen LogP contribution in [0.4, 0.5) is 0 Å². The van der Waals surface area contributed by atoms with E-state index < -0.39 is 17.2 Å². The van der Waals surface area contributed by atoms with Gasteiger partial charge in [-0.05, 0) is 73.6 Å². The number of halogens is 1. The van der Waals surface area contributed by atoms with Crippen LogP contribution < -0.4 is 16.6 Å². The molecule has 2 aromatic carbocycles. The number of hydrogen-bond donors (Lipinski definition) is 1. The zero-order chi connectivity index (χ0) is 22.1. The molecule has 1 saturated carbocycles. The number of aryl methyl sites for hydroxylation is 2. The fourth-order valence-corrected chi connectivity index (χ4v) is 3.71. The first kappa shape index (κ1) is 21.1. The van der Waals surface area contributed by atoms with Gasteiger partial charge < -0.3 is 5.32 Å². The summed E-state index contributed by atoms with van der Waals surface area (Å²) >= 11 is 6.06. The van der Waals surface area contributed by atoms with Crippen LogP contribution in [0.5, 0.6) is 0 Å². The summed E-state index contributed by atoms with van der Waals surface area (Å²) in [7, 11) is 0. The minimum atomic E-state index is -0.723. The fraction of sp³-hybridized carbons (Fsp3) is 0.304. The van der Waals surface area contributed by atoms with Gasteiger partial charge in [0.2, 0.25) is 5.69 Å². The van der Waals surface area contributed by atoms with Crippen LogP contribution in [0, 0.1) is 19.8 Å². The Morgan fingerprint density at radius 1 is 1.13 bits per heavy atom. The highest BCUT2D eigenvalue weighted by Crippen LogP contribution is 2.27. The predicted octanol–water partition coefficient (Wildman–Crippen LogP) is 2.85. The molecule has 0 saturated heterocycles. The summed E-state index contributed by atoms with van der Waals surface area (Å²) in [6.45, 7) is 4.30. The molecule has 1 fully saturated rings. The molecule has 1 heterocycles. The molecule has 0 aliphatic heterocycles. The molecule has 1 aromatic heterocycles. The molecule has 3 aromatic rings. The van der Waals surface area contributed by atoms with Crippen molar-refractivity contribution < 1.29 is 4.79 Å². The number of amides is 1. The Labute approximate surface area is 184 Å². The standard InChI is InChI=1S/C23H23ClN4O3/c1-14-8-15(2)10-19(9-14)28-23(31)27(13-17-4-3-5-18(24)11-17)22(30)20(26-28)21(29)25-12-16-6-7-16/h3-5,8-11,16H,6-7,12-13H2,1-2H3,(H,25,29). The number of nitrogens with one attached hydrogen (secondary N) is 1. The van der Waals surface area contributed by atoms with Crippen molar-refractivity contribution in [1.82, 2.24) is 19.7 Å². The lowest BCUT2D eigenvalue weighted by molar-refractivity contribution is 0.0942. The predicted molar refractivity (Wildman–Crippen MR) is 119 cm³/mol. The number of rotatable bonds is 6.